The van der Waals surface area contributed by atoms with Gasteiger partial charge in [0, 0.05) is 13.6 Å². The van der Waals surface area contributed by atoms with Crippen molar-refractivity contribution in [1.29, 1.82) is 5.41 Å². The molecule has 0 aliphatic heterocycles. The number of guanidine groups is 1. The maximum Gasteiger partial charge on any atom is 0.188 e. The van der Waals surface area contributed by atoms with E-state index in [4.69, 9.17) is 11.1 Å². The van der Waals surface area contributed by atoms with E-state index < -0.39 is 0 Å². The second-order valence-corrected chi connectivity index (χ2v) is 2.16. The van der Waals surface area contributed by atoms with Crippen molar-refractivity contribution in [1.82, 2.24) is 4.90 Å². The molecule has 0 aromatic carbocycles. The quantitative estimate of drug-likeness (QED) is 0.433. The van der Waals surface area contributed by atoms with E-state index in [9.17, 15) is 0 Å². The van der Waals surface area contributed by atoms with Crippen LogP contribution in [0.2, 0.25) is 0 Å². The first kappa shape index (κ1) is 8.27. The number of nitrogens with one attached hydrogen (secondary N) is 1. The van der Waals surface area contributed by atoms with E-state index in [0.717, 1.165) is 19.4 Å². The summed E-state index contributed by atoms with van der Waals surface area (Å²) in [6, 6.07) is 0. The summed E-state index contributed by atoms with van der Waals surface area (Å²) in [6.45, 7) is 3.01. The second kappa shape index (κ2) is 4.18. The minimum Gasteiger partial charge on any atom is -0.370 e. The summed E-state index contributed by atoms with van der Waals surface area (Å²) in [5.41, 5.74) is 5.19. The molecule has 0 aromatic rings. The van der Waals surface area contributed by atoms with E-state index in [-0.39, 0.29) is 5.96 Å². The zero-order valence-corrected chi connectivity index (χ0v) is 6.15. The lowest BCUT2D eigenvalue weighted by Crippen LogP contribution is -2.33. The van der Waals surface area contributed by atoms with Crippen LogP contribution < -0.4 is 5.73 Å². The van der Waals surface area contributed by atoms with Gasteiger partial charge in [0.1, 0.15) is 0 Å². The molecule has 0 saturated heterocycles. The van der Waals surface area contributed by atoms with Crippen molar-refractivity contribution in [3.63, 3.8) is 0 Å². The predicted octanol–water partition coefficient (Wildman–Crippen LogP) is 0.612. The van der Waals surface area contributed by atoms with Crippen molar-refractivity contribution in [3.8, 4) is 0 Å². The topological polar surface area (TPSA) is 53.1 Å². The Labute approximate surface area is 56.3 Å². The van der Waals surface area contributed by atoms with Gasteiger partial charge in [-0.2, -0.15) is 0 Å². The molecular weight excluding hydrogens is 114 g/mol. The number of nitrogens with two attached hydrogens (primary N) is 1. The van der Waals surface area contributed by atoms with E-state index >= 15 is 0 Å². The molecule has 3 N–H and O–H groups in total. The maximum absolute atomic E-state index is 6.98. The summed E-state index contributed by atoms with van der Waals surface area (Å²) in [7, 11) is 1.83. The zero-order valence-electron chi connectivity index (χ0n) is 6.15. The molecule has 0 unspecified atom stereocenters. The Balaban J connectivity index is 3.27. The largest absolute Gasteiger partial charge is 0.370 e. The molecule has 0 amide bonds. The van der Waals surface area contributed by atoms with Crippen LogP contribution in [-0.2, 0) is 0 Å². The average molecular weight is 129 g/mol. The van der Waals surface area contributed by atoms with Crippen LogP contribution in [0.4, 0.5) is 0 Å². The highest BCUT2D eigenvalue weighted by Gasteiger charge is 1.95. The summed E-state index contributed by atoms with van der Waals surface area (Å²) >= 11 is 0. The zero-order chi connectivity index (χ0) is 7.28. The van der Waals surface area contributed by atoms with Gasteiger partial charge in [0.15, 0.2) is 5.96 Å². The van der Waals surface area contributed by atoms with Crippen molar-refractivity contribution >= 4 is 5.96 Å². The lowest BCUT2D eigenvalue weighted by Gasteiger charge is -2.14. The SMILES string of the molecule is CCCCN(C)C(=N)N. The van der Waals surface area contributed by atoms with Gasteiger partial charge in [-0.05, 0) is 6.42 Å². The fourth-order valence-corrected chi connectivity index (χ4v) is 0.516. The molecule has 54 valence electrons. The molecule has 0 aliphatic carbocycles. The van der Waals surface area contributed by atoms with E-state index in [2.05, 4.69) is 6.92 Å². The Morgan fingerprint density at radius 2 is 2.22 bits per heavy atom. The molecule has 3 heteroatoms. The van der Waals surface area contributed by atoms with Gasteiger partial charge in [0.2, 0.25) is 0 Å². The van der Waals surface area contributed by atoms with E-state index in [1.54, 1.807) is 4.90 Å². The predicted molar refractivity (Wildman–Crippen MR) is 39.5 cm³/mol. The van der Waals surface area contributed by atoms with Gasteiger partial charge >= 0.3 is 0 Å². The van der Waals surface area contributed by atoms with Crippen LogP contribution in [0.1, 0.15) is 19.8 Å². The highest BCUT2D eigenvalue weighted by Crippen LogP contribution is 1.88. The van der Waals surface area contributed by atoms with Gasteiger partial charge in [0.05, 0.1) is 0 Å². The molecule has 0 spiro atoms. The summed E-state index contributed by atoms with van der Waals surface area (Å²) in [4.78, 5) is 1.74. The smallest absolute Gasteiger partial charge is 0.188 e. The Kier molecular flexibility index (Phi) is 3.84. The standard InChI is InChI=1S/C6H15N3/c1-3-4-5-9(2)6(7)8/h3-5H2,1-2H3,(H3,7,8). The van der Waals surface area contributed by atoms with Crippen LogP contribution in [0.15, 0.2) is 0 Å². The Hall–Kier alpha value is -0.730. The monoisotopic (exact) mass is 129 g/mol. The molecule has 0 saturated carbocycles. The van der Waals surface area contributed by atoms with Gasteiger partial charge < -0.3 is 10.6 Å². The summed E-state index contributed by atoms with van der Waals surface area (Å²) in [5.74, 6) is 0.156. The van der Waals surface area contributed by atoms with Crippen LogP contribution in [0.5, 0.6) is 0 Å². The Bertz CT molecular complexity index is 90.3. The average Bonchev–Trinajstić information content (AvgIpc) is 1.82. The van der Waals surface area contributed by atoms with E-state index in [1.165, 1.54) is 0 Å². The molecule has 0 atom stereocenters. The first-order valence-electron chi connectivity index (χ1n) is 3.23. The van der Waals surface area contributed by atoms with Crippen LogP contribution in [0, 0.1) is 5.41 Å². The summed E-state index contributed by atoms with van der Waals surface area (Å²) in [6.07, 6.45) is 2.26. The van der Waals surface area contributed by atoms with Crippen molar-refractivity contribution in [2.75, 3.05) is 13.6 Å². The van der Waals surface area contributed by atoms with Crippen LogP contribution in [0.25, 0.3) is 0 Å². The van der Waals surface area contributed by atoms with Gasteiger partial charge in [-0.25, -0.2) is 0 Å². The maximum atomic E-state index is 6.98. The van der Waals surface area contributed by atoms with Crippen LogP contribution >= 0.6 is 0 Å². The first-order chi connectivity index (χ1) is 4.18. The molecule has 0 heterocycles. The molecule has 0 aliphatic rings. The first-order valence-corrected chi connectivity index (χ1v) is 3.23. The molecule has 0 rings (SSSR count). The van der Waals surface area contributed by atoms with E-state index in [1.807, 2.05) is 7.05 Å². The molecule has 0 bridgehead atoms. The van der Waals surface area contributed by atoms with Crippen molar-refractivity contribution in [2.45, 2.75) is 19.8 Å². The van der Waals surface area contributed by atoms with Gasteiger partial charge in [0.25, 0.3) is 0 Å². The Morgan fingerprint density at radius 1 is 1.67 bits per heavy atom. The Morgan fingerprint density at radius 3 is 2.56 bits per heavy atom. The molecule has 0 radical (unpaired) electrons. The van der Waals surface area contributed by atoms with Crippen molar-refractivity contribution < 1.29 is 0 Å². The number of rotatable bonds is 3. The fraction of sp³-hybridized carbons (Fsp3) is 0.833. The third-order valence-corrected chi connectivity index (χ3v) is 1.26. The van der Waals surface area contributed by atoms with Crippen LogP contribution in [0.3, 0.4) is 0 Å². The summed E-state index contributed by atoms with van der Waals surface area (Å²) < 4.78 is 0. The fourth-order valence-electron chi connectivity index (χ4n) is 0.516. The normalized spacial score (nSPS) is 9.11. The van der Waals surface area contributed by atoms with Gasteiger partial charge in [-0.3, -0.25) is 5.41 Å². The third-order valence-electron chi connectivity index (χ3n) is 1.26. The minimum atomic E-state index is 0.156. The van der Waals surface area contributed by atoms with Crippen LogP contribution in [-0.4, -0.2) is 24.5 Å². The highest BCUT2D eigenvalue weighted by atomic mass is 15.2. The van der Waals surface area contributed by atoms with Gasteiger partial charge in [-0.1, -0.05) is 13.3 Å². The third kappa shape index (κ3) is 3.82. The lowest BCUT2D eigenvalue weighted by molar-refractivity contribution is 0.477. The summed E-state index contributed by atoms with van der Waals surface area (Å²) in [5, 5.41) is 6.98. The highest BCUT2D eigenvalue weighted by molar-refractivity contribution is 5.74. The van der Waals surface area contributed by atoms with Gasteiger partial charge in [-0.15, -0.1) is 0 Å². The number of nitrogens with zero attached hydrogens (tertiary/aromatic N) is 1. The molecule has 0 aromatic heterocycles. The minimum absolute atomic E-state index is 0.156. The molecular formula is C6H15N3. The second-order valence-electron chi connectivity index (χ2n) is 2.16. The van der Waals surface area contributed by atoms with Crippen molar-refractivity contribution in [3.05, 3.63) is 0 Å². The van der Waals surface area contributed by atoms with E-state index in [0.29, 0.717) is 0 Å². The molecule has 0 fully saturated rings. The van der Waals surface area contributed by atoms with Crippen molar-refractivity contribution in [2.24, 2.45) is 5.73 Å². The number of hydrogen-bond acceptors (Lipinski definition) is 1. The molecule has 9 heavy (non-hydrogen) atoms. The molecule has 3 nitrogen and oxygen atoms in total. The lowest BCUT2D eigenvalue weighted by atomic mass is 10.3. The number of hydrogen-bond donors (Lipinski definition) is 2. The number of unbranched alkanes of at least 4 members (excludes halogenated alkanes) is 1.